The van der Waals surface area contributed by atoms with E-state index in [-0.39, 0.29) is 17.4 Å². The Labute approximate surface area is 196 Å². The fourth-order valence-electron chi connectivity index (χ4n) is 3.22. The van der Waals surface area contributed by atoms with E-state index in [1.807, 2.05) is 9.80 Å². The van der Waals surface area contributed by atoms with Crippen molar-refractivity contribution in [1.29, 1.82) is 0 Å². The number of anilines is 2. The molecule has 2 heterocycles. The molecule has 4 N–H and O–H groups in total. The van der Waals surface area contributed by atoms with Crippen molar-refractivity contribution >= 4 is 46.8 Å². The number of carbonyl (C=O) groups is 2. The minimum Gasteiger partial charge on any atom is -0.364 e. The van der Waals surface area contributed by atoms with Gasteiger partial charge in [-0.2, -0.15) is 4.98 Å². The number of nitrogens with zero attached hydrogens (tertiary/aromatic N) is 5. The first-order valence-corrected chi connectivity index (χ1v) is 11.1. The molecule has 32 heavy (non-hydrogen) atoms. The molecule has 1 fully saturated rings. The number of nitrogens with two attached hydrogens (primary N) is 1. The van der Waals surface area contributed by atoms with Gasteiger partial charge in [0.15, 0.2) is 11.5 Å². The fourth-order valence-corrected chi connectivity index (χ4v) is 3.70. The van der Waals surface area contributed by atoms with Crippen LogP contribution in [0.1, 0.15) is 29.4 Å². The average molecular weight is 481 g/mol. The molecule has 0 unspecified atom stereocenters. The zero-order valence-electron chi connectivity index (χ0n) is 17.8. The molecular formula is C20H26Cl2N8O2. The SMILES string of the molecule is CCCNCC(=O)N1CCN(c2nnc(C(N)=O)c(NCc3ccc(Cl)cc3Cl)n2)CC1. The van der Waals surface area contributed by atoms with Crippen LogP contribution < -0.4 is 21.3 Å². The fraction of sp³-hybridized carbons (Fsp3) is 0.450. The number of benzene rings is 1. The molecule has 3 rings (SSSR count). The van der Waals surface area contributed by atoms with Crippen LogP contribution in [0.25, 0.3) is 0 Å². The molecule has 1 aromatic heterocycles. The number of hydrogen-bond acceptors (Lipinski definition) is 8. The maximum Gasteiger partial charge on any atom is 0.273 e. The van der Waals surface area contributed by atoms with Gasteiger partial charge in [-0.15, -0.1) is 10.2 Å². The summed E-state index contributed by atoms with van der Waals surface area (Å²) in [5.41, 5.74) is 6.15. The van der Waals surface area contributed by atoms with Gasteiger partial charge in [0.05, 0.1) is 6.54 Å². The summed E-state index contributed by atoms with van der Waals surface area (Å²) < 4.78 is 0. The van der Waals surface area contributed by atoms with Crippen LogP contribution in [-0.2, 0) is 11.3 Å². The van der Waals surface area contributed by atoms with Crippen LogP contribution in [0.4, 0.5) is 11.8 Å². The average Bonchev–Trinajstić information content (AvgIpc) is 2.78. The molecule has 1 aliphatic heterocycles. The summed E-state index contributed by atoms with van der Waals surface area (Å²) in [7, 11) is 0. The van der Waals surface area contributed by atoms with Crippen LogP contribution in [0.15, 0.2) is 18.2 Å². The summed E-state index contributed by atoms with van der Waals surface area (Å²) in [4.78, 5) is 32.3. The Hall–Kier alpha value is -2.69. The third kappa shape index (κ3) is 6.18. The lowest BCUT2D eigenvalue weighted by Gasteiger charge is -2.34. The van der Waals surface area contributed by atoms with E-state index in [1.54, 1.807) is 18.2 Å². The Morgan fingerprint density at radius 1 is 1.16 bits per heavy atom. The number of hydrogen-bond donors (Lipinski definition) is 3. The molecule has 2 aromatic rings. The smallest absolute Gasteiger partial charge is 0.273 e. The Balaban J connectivity index is 1.67. The van der Waals surface area contributed by atoms with Gasteiger partial charge in [-0.25, -0.2) is 0 Å². The highest BCUT2D eigenvalue weighted by molar-refractivity contribution is 6.35. The monoisotopic (exact) mass is 480 g/mol. The molecule has 1 aromatic carbocycles. The highest BCUT2D eigenvalue weighted by Gasteiger charge is 2.24. The third-order valence-electron chi connectivity index (χ3n) is 4.99. The van der Waals surface area contributed by atoms with Crippen LogP contribution >= 0.6 is 23.2 Å². The maximum absolute atomic E-state index is 12.3. The van der Waals surface area contributed by atoms with E-state index in [4.69, 9.17) is 28.9 Å². The predicted molar refractivity (Wildman–Crippen MR) is 124 cm³/mol. The second-order valence-electron chi connectivity index (χ2n) is 7.31. The molecule has 0 spiro atoms. The molecule has 0 saturated carbocycles. The number of aromatic nitrogens is 3. The van der Waals surface area contributed by atoms with Crippen molar-refractivity contribution < 1.29 is 9.59 Å². The van der Waals surface area contributed by atoms with E-state index >= 15 is 0 Å². The summed E-state index contributed by atoms with van der Waals surface area (Å²) >= 11 is 12.2. The van der Waals surface area contributed by atoms with Gasteiger partial charge in [-0.1, -0.05) is 36.2 Å². The lowest BCUT2D eigenvalue weighted by molar-refractivity contribution is -0.130. The van der Waals surface area contributed by atoms with Gasteiger partial charge < -0.3 is 26.2 Å². The molecule has 0 atom stereocenters. The van der Waals surface area contributed by atoms with Crippen molar-refractivity contribution in [3.63, 3.8) is 0 Å². The first kappa shape index (κ1) is 24.0. The third-order valence-corrected chi connectivity index (χ3v) is 5.58. The Bertz CT molecular complexity index is 967. The molecule has 12 heteroatoms. The van der Waals surface area contributed by atoms with E-state index < -0.39 is 5.91 Å². The van der Waals surface area contributed by atoms with Crippen LogP contribution in [0, 0.1) is 0 Å². The summed E-state index contributed by atoms with van der Waals surface area (Å²) in [6, 6.07) is 5.14. The summed E-state index contributed by atoms with van der Waals surface area (Å²) in [5, 5.41) is 15.2. The molecule has 1 saturated heterocycles. The first-order valence-electron chi connectivity index (χ1n) is 10.3. The van der Waals surface area contributed by atoms with E-state index in [9.17, 15) is 9.59 Å². The van der Waals surface area contributed by atoms with Crippen LogP contribution in [-0.4, -0.2) is 71.2 Å². The number of rotatable bonds is 9. The minimum absolute atomic E-state index is 0.0605. The zero-order valence-corrected chi connectivity index (χ0v) is 19.3. The van der Waals surface area contributed by atoms with Crippen molar-refractivity contribution in [2.24, 2.45) is 5.73 Å². The largest absolute Gasteiger partial charge is 0.364 e. The number of primary amides is 1. The number of amides is 2. The number of nitrogens with one attached hydrogen (secondary N) is 2. The standard InChI is InChI=1S/C20H26Cl2N8O2/c1-2-5-24-12-16(31)29-6-8-30(9-7-29)20-26-19(17(18(23)32)27-28-20)25-11-13-3-4-14(21)10-15(13)22/h3-4,10,24H,2,5-9,11-12H2,1H3,(H2,23,32)(H,25,26,28). The Morgan fingerprint density at radius 3 is 2.56 bits per heavy atom. The molecule has 10 nitrogen and oxygen atoms in total. The van der Waals surface area contributed by atoms with Crippen LogP contribution in [0.2, 0.25) is 10.0 Å². The van der Waals surface area contributed by atoms with Gasteiger partial charge in [0.2, 0.25) is 11.9 Å². The van der Waals surface area contributed by atoms with E-state index in [2.05, 4.69) is 32.7 Å². The Kier molecular flexibility index (Phi) is 8.43. The molecule has 0 radical (unpaired) electrons. The van der Waals surface area contributed by atoms with Gasteiger partial charge in [0, 0.05) is 42.8 Å². The second-order valence-corrected chi connectivity index (χ2v) is 8.15. The second kappa shape index (κ2) is 11.3. The predicted octanol–water partition coefficient (Wildman–Crippen LogP) is 1.54. The molecule has 0 bridgehead atoms. The zero-order chi connectivity index (χ0) is 23.1. The molecule has 2 amide bonds. The van der Waals surface area contributed by atoms with Crippen molar-refractivity contribution in [2.75, 3.05) is 49.5 Å². The Morgan fingerprint density at radius 2 is 1.91 bits per heavy atom. The number of carbonyl (C=O) groups excluding carboxylic acids is 2. The number of piperazine rings is 1. The normalized spacial score (nSPS) is 13.8. The van der Waals surface area contributed by atoms with Gasteiger partial charge in [0.1, 0.15) is 0 Å². The van der Waals surface area contributed by atoms with Gasteiger partial charge >= 0.3 is 0 Å². The highest BCUT2D eigenvalue weighted by atomic mass is 35.5. The minimum atomic E-state index is -0.740. The van der Waals surface area contributed by atoms with Crippen LogP contribution in [0.3, 0.4) is 0 Å². The van der Waals surface area contributed by atoms with Crippen LogP contribution in [0.5, 0.6) is 0 Å². The van der Waals surface area contributed by atoms with Crippen molar-refractivity contribution in [2.45, 2.75) is 19.9 Å². The van der Waals surface area contributed by atoms with E-state index in [0.29, 0.717) is 55.3 Å². The lowest BCUT2D eigenvalue weighted by atomic mass is 10.2. The summed E-state index contributed by atoms with van der Waals surface area (Å²) in [6.07, 6.45) is 0.979. The maximum atomic E-state index is 12.3. The molecule has 172 valence electrons. The molecular weight excluding hydrogens is 455 g/mol. The summed E-state index contributed by atoms with van der Waals surface area (Å²) in [5.74, 6) is -0.0913. The lowest BCUT2D eigenvalue weighted by Crippen LogP contribution is -2.51. The van der Waals surface area contributed by atoms with Crippen molar-refractivity contribution in [1.82, 2.24) is 25.4 Å². The molecule has 1 aliphatic rings. The van der Waals surface area contributed by atoms with Crippen molar-refractivity contribution in [3.05, 3.63) is 39.5 Å². The number of halogens is 2. The molecule has 0 aliphatic carbocycles. The first-order chi connectivity index (χ1) is 15.4. The van der Waals surface area contributed by atoms with E-state index in [1.165, 1.54) is 0 Å². The summed E-state index contributed by atoms with van der Waals surface area (Å²) in [6.45, 7) is 5.71. The van der Waals surface area contributed by atoms with Gasteiger partial charge in [-0.05, 0) is 30.7 Å². The van der Waals surface area contributed by atoms with E-state index in [0.717, 1.165) is 18.5 Å². The quantitative estimate of drug-likeness (QED) is 0.460. The topological polar surface area (TPSA) is 129 Å². The van der Waals surface area contributed by atoms with Gasteiger partial charge in [-0.3, -0.25) is 9.59 Å². The van der Waals surface area contributed by atoms with Gasteiger partial charge in [0.25, 0.3) is 5.91 Å². The van der Waals surface area contributed by atoms with Crippen molar-refractivity contribution in [3.8, 4) is 0 Å². The highest BCUT2D eigenvalue weighted by Crippen LogP contribution is 2.23.